The molecule has 6 nitrogen and oxygen atoms in total. The Labute approximate surface area is 216 Å². The number of allylic oxidation sites excluding steroid dienone is 1. The predicted octanol–water partition coefficient (Wildman–Crippen LogP) is 7.20. The molecule has 0 aliphatic heterocycles. The van der Waals surface area contributed by atoms with E-state index in [1.807, 2.05) is 56.3 Å². The third kappa shape index (κ3) is 7.36. The topological polar surface area (TPSA) is 77.9 Å². The van der Waals surface area contributed by atoms with Crippen molar-refractivity contribution in [2.45, 2.75) is 46.0 Å². The van der Waals surface area contributed by atoms with Gasteiger partial charge in [0.1, 0.15) is 30.5 Å². The average Bonchev–Trinajstić information content (AvgIpc) is 2.88. The Morgan fingerprint density at radius 1 is 1.11 bits per heavy atom. The van der Waals surface area contributed by atoms with E-state index >= 15 is 0 Å². The smallest absolute Gasteiger partial charge is 0.344 e. The van der Waals surface area contributed by atoms with Crippen molar-refractivity contribution < 1.29 is 24.1 Å². The number of hydrogen-bond acceptors (Lipinski definition) is 5. The van der Waals surface area contributed by atoms with Crippen LogP contribution in [0.5, 0.6) is 17.2 Å². The van der Waals surface area contributed by atoms with Crippen LogP contribution in [0.4, 0.5) is 0 Å². The molecule has 3 rings (SSSR count). The third-order valence-corrected chi connectivity index (χ3v) is 5.57. The molecule has 0 saturated carbocycles. The monoisotopic (exact) mass is 507 g/mol. The normalized spacial score (nSPS) is 11.8. The van der Waals surface area contributed by atoms with Gasteiger partial charge in [0.15, 0.2) is 6.10 Å². The van der Waals surface area contributed by atoms with E-state index in [-0.39, 0.29) is 6.61 Å². The summed E-state index contributed by atoms with van der Waals surface area (Å²) in [5.74, 6) is 0.505. The number of ether oxygens (including phenoxy) is 3. The first-order valence-electron chi connectivity index (χ1n) is 11.7. The van der Waals surface area contributed by atoms with Gasteiger partial charge in [-0.3, -0.25) is 0 Å². The predicted molar refractivity (Wildman–Crippen MR) is 143 cm³/mol. The number of aromatic nitrogens is 1. The highest BCUT2D eigenvalue weighted by Crippen LogP contribution is 2.32. The van der Waals surface area contributed by atoms with Crippen molar-refractivity contribution >= 4 is 29.7 Å². The maximum atomic E-state index is 11.6. The Morgan fingerprint density at radius 2 is 1.83 bits per heavy atom. The number of benzene rings is 2. The zero-order valence-electron chi connectivity index (χ0n) is 20.4. The number of pyridine rings is 1. The second-order valence-corrected chi connectivity index (χ2v) is 8.40. The van der Waals surface area contributed by atoms with E-state index in [1.165, 1.54) is 0 Å². The number of carboxylic acid groups (broad SMARTS) is 1. The molecule has 2 aromatic carbocycles. The summed E-state index contributed by atoms with van der Waals surface area (Å²) in [6.07, 6.45) is 5.73. The van der Waals surface area contributed by atoms with Crippen LogP contribution in [0.25, 0.3) is 12.2 Å². The number of nitrogens with zero attached hydrogens (tertiary/aromatic N) is 1. The highest BCUT2D eigenvalue weighted by atomic mass is 35.5. The minimum atomic E-state index is -1.03. The first-order valence-corrected chi connectivity index (χ1v) is 12.1. The molecule has 1 unspecified atom stereocenters. The lowest BCUT2D eigenvalue weighted by atomic mass is 10.1. The maximum Gasteiger partial charge on any atom is 0.344 e. The molecule has 0 spiro atoms. The van der Waals surface area contributed by atoms with Crippen LogP contribution in [0.2, 0.25) is 5.02 Å². The summed E-state index contributed by atoms with van der Waals surface area (Å²) in [7, 11) is 0. The quantitative estimate of drug-likeness (QED) is 0.263. The highest BCUT2D eigenvalue weighted by molar-refractivity contribution is 6.32. The molecule has 3 aromatic rings. The Balaban J connectivity index is 1.67. The summed E-state index contributed by atoms with van der Waals surface area (Å²) in [6.45, 7) is 8.13. The van der Waals surface area contributed by atoms with Gasteiger partial charge in [-0.2, -0.15) is 0 Å². The van der Waals surface area contributed by atoms with E-state index in [0.29, 0.717) is 47.3 Å². The summed E-state index contributed by atoms with van der Waals surface area (Å²) in [4.78, 5) is 16.2. The Kier molecular flexibility index (Phi) is 9.95. The molecule has 0 radical (unpaired) electrons. The van der Waals surface area contributed by atoms with Gasteiger partial charge in [-0.25, -0.2) is 9.78 Å². The fraction of sp³-hybridized carbons (Fsp3) is 0.241. The molecule has 1 N–H and O–H groups in total. The van der Waals surface area contributed by atoms with E-state index in [2.05, 4.69) is 11.6 Å². The molecular formula is C29H30ClNO5. The molecule has 0 fully saturated rings. The van der Waals surface area contributed by atoms with Crippen molar-refractivity contribution in [1.82, 2.24) is 4.98 Å². The molecule has 1 atom stereocenters. The van der Waals surface area contributed by atoms with E-state index in [1.54, 1.807) is 30.3 Å². The summed E-state index contributed by atoms with van der Waals surface area (Å²) < 4.78 is 17.7. The van der Waals surface area contributed by atoms with Gasteiger partial charge >= 0.3 is 5.97 Å². The number of para-hydroxylation sites is 1. The van der Waals surface area contributed by atoms with Crippen molar-refractivity contribution in [3.8, 4) is 17.2 Å². The minimum Gasteiger partial charge on any atom is -0.489 e. The van der Waals surface area contributed by atoms with Gasteiger partial charge in [0, 0.05) is 11.6 Å². The van der Waals surface area contributed by atoms with Crippen LogP contribution in [-0.2, 0) is 18.0 Å². The van der Waals surface area contributed by atoms with Crippen LogP contribution in [0, 0.1) is 0 Å². The van der Waals surface area contributed by atoms with Gasteiger partial charge in [0.25, 0.3) is 0 Å². The first-order chi connectivity index (χ1) is 17.4. The van der Waals surface area contributed by atoms with Crippen LogP contribution < -0.4 is 14.2 Å². The Hall–Kier alpha value is -3.77. The van der Waals surface area contributed by atoms with Crippen molar-refractivity contribution in [3.05, 3.63) is 94.8 Å². The molecule has 0 saturated heterocycles. The molecule has 7 heteroatoms. The molecule has 188 valence electrons. The zero-order valence-corrected chi connectivity index (χ0v) is 21.2. The molecule has 0 aliphatic carbocycles. The van der Waals surface area contributed by atoms with Crippen LogP contribution >= 0.6 is 11.6 Å². The van der Waals surface area contributed by atoms with Gasteiger partial charge < -0.3 is 19.3 Å². The lowest BCUT2D eigenvalue weighted by Gasteiger charge is -2.19. The Morgan fingerprint density at radius 3 is 2.50 bits per heavy atom. The molecule has 1 aromatic heterocycles. The third-order valence-electron chi connectivity index (χ3n) is 5.28. The van der Waals surface area contributed by atoms with Gasteiger partial charge in [-0.15, -0.1) is 0 Å². The van der Waals surface area contributed by atoms with E-state index < -0.39 is 12.1 Å². The minimum absolute atomic E-state index is 0.147. The van der Waals surface area contributed by atoms with E-state index in [9.17, 15) is 9.90 Å². The molecule has 36 heavy (non-hydrogen) atoms. The van der Waals surface area contributed by atoms with Crippen LogP contribution in [0.15, 0.2) is 67.3 Å². The van der Waals surface area contributed by atoms with Crippen molar-refractivity contribution in [3.63, 3.8) is 0 Å². The van der Waals surface area contributed by atoms with Crippen molar-refractivity contribution in [2.75, 3.05) is 0 Å². The van der Waals surface area contributed by atoms with E-state index in [0.717, 1.165) is 17.0 Å². The summed E-state index contributed by atoms with van der Waals surface area (Å²) in [6, 6.07) is 16.4. The van der Waals surface area contributed by atoms with E-state index in [4.69, 9.17) is 25.8 Å². The fourth-order valence-electron chi connectivity index (χ4n) is 3.50. The summed E-state index contributed by atoms with van der Waals surface area (Å²) >= 11 is 6.32. The molecule has 1 heterocycles. The largest absolute Gasteiger partial charge is 0.489 e. The van der Waals surface area contributed by atoms with Crippen molar-refractivity contribution in [1.29, 1.82) is 0 Å². The second-order valence-electron chi connectivity index (χ2n) is 7.99. The summed E-state index contributed by atoms with van der Waals surface area (Å²) in [5.41, 5.74) is 3.24. The second kappa shape index (κ2) is 13.4. The lowest BCUT2D eigenvalue weighted by molar-refractivity contribution is -0.145. The highest BCUT2D eigenvalue weighted by Gasteiger charge is 2.21. The number of halogens is 1. The van der Waals surface area contributed by atoms with Gasteiger partial charge in [0.2, 0.25) is 0 Å². The number of hydrogen-bond donors (Lipinski definition) is 1. The van der Waals surface area contributed by atoms with Crippen LogP contribution in [-0.4, -0.2) is 22.2 Å². The maximum absolute atomic E-state index is 11.6. The lowest BCUT2D eigenvalue weighted by Crippen LogP contribution is -2.27. The Bertz CT molecular complexity index is 1220. The van der Waals surface area contributed by atoms with Gasteiger partial charge in [-0.1, -0.05) is 67.9 Å². The molecule has 0 aliphatic rings. The van der Waals surface area contributed by atoms with Gasteiger partial charge in [-0.05, 0) is 49.2 Å². The summed E-state index contributed by atoms with van der Waals surface area (Å²) in [5, 5.41) is 9.80. The average molecular weight is 508 g/mol. The SMILES string of the molecule is C=Cc1nc(COc2cccc(OCc3cccc(Cl)c3OC(CCC)C(=O)O)c2)ccc1/C=C\C. The van der Waals surface area contributed by atoms with Crippen molar-refractivity contribution in [2.24, 2.45) is 0 Å². The standard InChI is InChI=1S/C29H30ClNO5/c1-4-9-20-15-16-22(31-26(20)6-3)19-35-24-13-8-12-23(17-24)34-18-21-11-7-14-25(30)28(21)36-27(10-5-2)29(32)33/h4,6-9,11-17,27H,3,5,10,18-19H2,1-2H3,(H,32,33)/b9-4-. The molecule has 0 bridgehead atoms. The number of aliphatic carboxylic acids is 1. The number of rotatable bonds is 13. The number of carboxylic acids is 1. The zero-order chi connectivity index (χ0) is 25.9. The first kappa shape index (κ1) is 26.8. The van der Waals surface area contributed by atoms with Gasteiger partial charge in [0.05, 0.1) is 16.4 Å². The fourth-order valence-corrected chi connectivity index (χ4v) is 3.74. The molecule has 0 amide bonds. The molecular weight excluding hydrogens is 478 g/mol. The number of carbonyl (C=O) groups is 1. The van der Waals surface area contributed by atoms with Crippen LogP contribution in [0.1, 0.15) is 49.2 Å². The van der Waals surface area contributed by atoms with Crippen LogP contribution in [0.3, 0.4) is 0 Å².